The van der Waals surface area contributed by atoms with Gasteiger partial charge in [-0.1, -0.05) is 6.58 Å². The first-order chi connectivity index (χ1) is 17.7. The molecule has 0 fully saturated rings. The molecule has 0 bridgehead atoms. The highest BCUT2D eigenvalue weighted by Crippen LogP contribution is 2.34. The maximum absolute atomic E-state index is 13.0. The zero-order chi connectivity index (χ0) is 26.9. The number of likely N-dealkylation sites (N-methyl/N-ethyl adjacent to an activating group) is 2. The van der Waals surface area contributed by atoms with Crippen LogP contribution in [0.15, 0.2) is 61.3 Å². The summed E-state index contributed by atoms with van der Waals surface area (Å²) in [5, 5.41) is 2.89. The van der Waals surface area contributed by atoms with Crippen LogP contribution in [0.4, 0.5) is 11.4 Å². The van der Waals surface area contributed by atoms with E-state index < -0.39 is 0 Å². The highest BCUT2D eigenvalue weighted by molar-refractivity contribution is 6.07. The molecule has 9 heteroatoms. The van der Waals surface area contributed by atoms with Crippen molar-refractivity contribution in [1.82, 2.24) is 14.9 Å². The van der Waals surface area contributed by atoms with Gasteiger partial charge in [-0.2, -0.15) is 0 Å². The van der Waals surface area contributed by atoms with Gasteiger partial charge in [0, 0.05) is 49.9 Å². The summed E-state index contributed by atoms with van der Waals surface area (Å²) >= 11 is 0. The van der Waals surface area contributed by atoms with Crippen LogP contribution in [-0.2, 0) is 11.2 Å². The molecule has 0 radical (unpaired) electrons. The Morgan fingerprint density at radius 2 is 1.76 bits per heavy atom. The zero-order valence-electron chi connectivity index (χ0n) is 21.9. The van der Waals surface area contributed by atoms with E-state index in [1.54, 1.807) is 50.7 Å². The molecule has 1 heterocycles. The third-order valence-electron chi connectivity index (χ3n) is 5.77. The van der Waals surface area contributed by atoms with Crippen molar-refractivity contribution in [2.45, 2.75) is 6.42 Å². The van der Waals surface area contributed by atoms with Crippen molar-refractivity contribution in [3.05, 3.63) is 84.0 Å². The molecule has 0 aliphatic carbocycles. The van der Waals surface area contributed by atoms with Gasteiger partial charge in [0.1, 0.15) is 23.0 Å². The average molecular weight is 504 g/mol. The standard InChI is InChI=1S/C28H33N5O4/c1-7-27(34)31-23-16-20(25(37-6)18-24(23)33(4)15-14-32(2)3)17-26-29-13-12-22(30-26)28(35)19-8-10-21(36-5)11-9-19/h7-13,16,18H,1,14-15,17H2,2-6H3,(H,31,34). The molecule has 0 aliphatic heterocycles. The summed E-state index contributed by atoms with van der Waals surface area (Å²) in [7, 11) is 9.13. The number of methoxy groups -OCH3 is 2. The maximum atomic E-state index is 13.0. The second-order valence-electron chi connectivity index (χ2n) is 8.69. The van der Waals surface area contributed by atoms with E-state index in [-0.39, 0.29) is 17.4 Å². The minimum atomic E-state index is -0.318. The van der Waals surface area contributed by atoms with E-state index in [0.717, 1.165) is 24.3 Å². The molecule has 0 aliphatic rings. The summed E-state index contributed by atoms with van der Waals surface area (Å²) in [6.45, 7) is 5.13. The fourth-order valence-electron chi connectivity index (χ4n) is 3.68. The number of hydrogen-bond donors (Lipinski definition) is 1. The smallest absolute Gasteiger partial charge is 0.247 e. The van der Waals surface area contributed by atoms with Crippen molar-refractivity contribution in [1.29, 1.82) is 0 Å². The Hall–Kier alpha value is -4.24. The molecular weight excluding hydrogens is 470 g/mol. The Labute approximate surface area is 217 Å². The third-order valence-corrected chi connectivity index (χ3v) is 5.77. The van der Waals surface area contributed by atoms with E-state index in [2.05, 4.69) is 31.7 Å². The first-order valence-corrected chi connectivity index (χ1v) is 11.8. The number of carbonyl (C=O) groups is 2. The lowest BCUT2D eigenvalue weighted by molar-refractivity contribution is -0.111. The number of nitrogens with zero attached hydrogens (tertiary/aromatic N) is 4. The molecule has 0 atom stereocenters. The number of anilines is 2. The van der Waals surface area contributed by atoms with Crippen LogP contribution in [0, 0.1) is 0 Å². The number of carbonyl (C=O) groups excluding carboxylic acids is 2. The highest BCUT2D eigenvalue weighted by Gasteiger charge is 2.18. The van der Waals surface area contributed by atoms with E-state index in [0.29, 0.717) is 35.0 Å². The number of benzene rings is 2. The minimum absolute atomic E-state index is 0.213. The fourth-order valence-corrected chi connectivity index (χ4v) is 3.68. The monoisotopic (exact) mass is 503 g/mol. The van der Waals surface area contributed by atoms with E-state index >= 15 is 0 Å². The van der Waals surface area contributed by atoms with Crippen LogP contribution in [0.2, 0.25) is 0 Å². The van der Waals surface area contributed by atoms with Gasteiger partial charge < -0.3 is 24.6 Å². The van der Waals surface area contributed by atoms with Crippen LogP contribution in [0.3, 0.4) is 0 Å². The molecule has 194 valence electrons. The topological polar surface area (TPSA) is 96.9 Å². The summed E-state index contributed by atoms with van der Waals surface area (Å²) in [4.78, 5) is 38.2. The van der Waals surface area contributed by atoms with E-state index in [1.807, 2.05) is 33.3 Å². The molecule has 9 nitrogen and oxygen atoms in total. The van der Waals surface area contributed by atoms with Gasteiger partial charge in [0.2, 0.25) is 11.7 Å². The van der Waals surface area contributed by atoms with Gasteiger partial charge in [0.15, 0.2) is 0 Å². The van der Waals surface area contributed by atoms with Gasteiger partial charge in [-0.05, 0) is 56.6 Å². The Morgan fingerprint density at radius 3 is 2.38 bits per heavy atom. The Morgan fingerprint density at radius 1 is 1.03 bits per heavy atom. The SMILES string of the molecule is C=CC(=O)Nc1cc(Cc2nccc(C(=O)c3ccc(OC)cc3)n2)c(OC)cc1N(C)CCN(C)C. The highest BCUT2D eigenvalue weighted by atomic mass is 16.5. The molecule has 3 aromatic rings. The second kappa shape index (κ2) is 12.6. The summed E-state index contributed by atoms with van der Waals surface area (Å²) in [5.74, 6) is 1.21. The molecule has 1 amide bonds. The molecule has 1 N–H and O–H groups in total. The van der Waals surface area contributed by atoms with E-state index in [4.69, 9.17) is 9.47 Å². The summed E-state index contributed by atoms with van der Waals surface area (Å²) in [6.07, 6.45) is 3.09. The molecule has 0 saturated carbocycles. The minimum Gasteiger partial charge on any atom is -0.497 e. The molecule has 37 heavy (non-hydrogen) atoms. The quantitative estimate of drug-likeness (QED) is 0.297. The van der Waals surface area contributed by atoms with Gasteiger partial charge >= 0.3 is 0 Å². The van der Waals surface area contributed by atoms with Gasteiger partial charge in [0.05, 0.1) is 25.6 Å². The number of ether oxygens (including phenoxy) is 2. The van der Waals surface area contributed by atoms with Gasteiger partial charge in [-0.3, -0.25) is 9.59 Å². The Balaban J connectivity index is 1.93. The van der Waals surface area contributed by atoms with Crippen molar-refractivity contribution < 1.29 is 19.1 Å². The van der Waals surface area contributed by atoms with Crippen LogP contribution < -0.4 is 19.7 Å². The van der Waals surface area contributed by atoms with Crippen molar-refractivity contribution in [2.24, 2.45) is 0 Å². The molecule has 0 saturated heterocycles. The fraction of sp³-hybridized carbons (Fsp3) is 0.286. The van der Waals surface area contributed by atoms with Crippen molar-refractivity contribution in [3.8, 4) is 11.5 Å². The first kappa shape index (κ1) is 27.3. The lowest BCUT2D eigenvalue weighted by atomic mass is 10.1. The average Bonchev–Trinajstić information content (AvgIpc) is 2.91. The number of nitrogens with one attached hydrogen (secondary N) is 1. The normalized spacial score (nSPS) is 10.6. The number of rotatable bonds is 12. The predicted octanol–water partition coefficient (Wildman–Crippen LogP) is 3.44. The van der Waals surface area contributed by atoms with E-state index in [9.17, 15) is 9.59 Å². The van der Waals surface area contributed by atoms with Gasteiger partial charge in [-0.15, -0.1) is 0 Å². The molecule has 0 spiro atoms. The molecule has 0 unspecified atom stereocenters. The number of ketones is 1. The largest absolute Gasteiger partial charge is 0.497 e. The lowest BCUT2D eigenvalue weighted by Gasteiger charge is -2.25. The molecule has 1 aromatic heterocycles. The maximum Gasteiger partial charge on any atom is 0.247 e. The molecular formula is C28H33N5O4. The second-order valence-corrected chi connectivity index (χ2v) is 8.69. The molecule has 3 rings (SSSR count). The third kappa shape index (κ3) is 7.14. The van der Waals surface area contributed by atoms with Gasteiger partial charge in [0.25, 0.3) is 0 Å². The summed E-state index contributed by atoms with van der Waals surface area (Å²) in [6, 6.07) is 12.2. The zero-order valence-corrected chi connectivity index (χ0v) is 21.9. The van der Waals surface area contributed by atoms with E-state index in [1.165, 1.54) is 6.08 Å². The van der Waals surface area contributed by atoms with Gasteiger partial charge in [-0.25, -0.2) is 9.97 Å². The predicted molar refractivity (Wildman–Crippen MR) is 145 cm³/mol. The van der Waals surface area contributed by atoms with Crippen LogP contribution in [0.1, 0.15) is 27.4 Å². The molecule has 2 aromatic carbocycles. The van der Waals surface area contributed by atoms with Crippen LogP contribution >= 0.6 is 0 Å². The van der Waals surface area contributed by atoms with Crippen molar-refractivity contribution in [2.75, 3.05) is 58.7 Å². The number of hydrogen-bond acceptors (Lipinski definition) is 8. The van der Waals surface area contributed by atoms with Crippen molar-refractivity contribution >= 4 is 23.1 Å². The van der Waals surface area contributed by atoms with Crippen molar-refractivity contribution in [3.63, 3.8) is 0 Å². The van der Waals surface area contributed by atoms with Crippen LogP contribution in [0.25, 0.3) is 0 Å². The number of amides is 1. The Kier molecular flexibility index (Phi) is 9.34. The van der Waals surface area contributed by atoms with Crippen LogP contribution in [0.5, 0.6) is 11.5 Å². The summed E-state index contributed by atoms with van der Waals surface area (Å²) < 4.78 is 10.8. The van der Waals surface area contributed by atoms with Crippen LogP contribution in [-0.4, -0.2) is 75.0 Å². The first-order valence-electron chi connectivity index (χ1n) is 11.8. The number of aromatic nitrogens is 2. The Bertz CT molecular complexity index is 1260. The summed E-state index contributed by atoms with van der Waals surface area (Å²) in [5.41, 5.74) is 2.98. The lowest BCUT2D eigenvalue weighted by Crippen LogP contribution is -2.29.